The van der Waals surface area contributed by atoms with E-state index in [-0.39, 0.29) is 11.9 Å². The van der Waals surface area contributed by atoms with Crippen LogP contribution in [0.2, 0.25) is 0 Å². The topological polar surface area (TPSA) is 29.3 Å². The summed E-state index contributed by atoms with van der Waals surface area (Å²) in [7, 11) is 2.11. The maximum absolute atomic E-state index is 13.6. The SMILES string of the molecule is CN(CC(N)c1ccccc1F)C1CCCCC1. The van der Waals surface area contributed by atoms with Crippen molar-refractivity contribution >= 4 is 0 Å². The Morgan fingerprint density at radius 1 is 1.28 bits per heavy atom. The zero-order chi connectivity index (χ0) is 13.0. The van der Waals surface area contributed by atoms with Crippen LogP contribution >= 0.6 is 0 Å². The van der Waals surface area contributed by atoms with Crippen molar-refractivity contribution in [3.05, 3.63) is 35.6 Å². The van der Waals surface area contributed by atoms with Crippen LogP contribution < -0.4 is 5.73 Å². The number of nitrogens with zero attached hydrogens (tertiary/aromatic N) is 1. The summed E-state index contributed by atoms with van der Waals surface area (Å²) < 4.78 is 13.6. The molecule has 0 aromatic heterocycles. The molecule has 0 aliphatic heterocycles. The third-order valence-electron chi connectivity index (χ3n) is 3.99. The average Bonchev–Trinajstić information content (AvgIpc) is 2.40. The second-order valence-corrected chi connectivity index (χ2v) is 5.36. The van der Waals surface area contributed by atoms with Gasteiger partial charge in [-0.1, -0.05) is 37.5 Å². The van der Waals surface area contributed by atoms with Crippen LogP contribution in [0.15, 0.2) is 24.3 Å². The molecule has 100 valence electrons. The summed E-state index contributed by atoms with van der Waals surface area (Å²) in [5.41, 5.74) is 6.75. The second-order valence-electron chi connectivity index (χ2n) is 5.36. The highest BCUT2D eigenvalue weighted by Crippen LogP contribution is 2.23. The van der Waals surface area contributed by atoms with E-state index in [1.165, 1.54) is 38.2 Å². The molecule has 0 amide bonds. The van der Waals surface area contributed by atoms with Crippen LogP contribution in [-0.2, 0) is 0 Å². The Hall–Kier alpha value is -0.930. The van der Waals surface area contributed by atoms with E-state index in [0.717, 1.165) is 6.54 Å². The smallest absolute Gasteiger partial charge is 0.128 e. The summed E-state index contributed by atoms with van der Waals surface area (Å²) in [5.74, 6) is -0.193. The predicted molar refractivity (Wildman–Crippen MR) is 72.8 cm³/mol. The van der Waals surface area contributed by atoms with E-state index in [9.17, 15) is 4.39 Å². The minimum absolute atomic E-state index is 0.193. The fourth-order valence-electron chi connectivity index (χ4n) is 2.86. The third kappa shape index (κ3) is 3.30. The lowest BCUT2D eigenvalue weighted by atomic mass is 9.94. The van der Waals surface area contributed by atoms with Crippen LogP contribution in [0, 0.1) is 5.82 Å². The summed E-state index contributed by atoms with van der Waals surface area (Å²) >= 11 is 0. The maximum Gasteiger partial charge on any atom is 0.128 e. The fraction of sp³-hybridized carbons (Fsp3) is 0.600. The van der Waals surface area contributed by atoms with E-state index in [0.29, 0.717) is 11.6 Å². The molecule has 0 bridgehead atoms. The molecular formula is C15H23FN2. The van der Waals surface area contributed by atoms with E-state index in [4.69, 9.17) is 5.73 Å². The molecule has 0 saturated heterocycles. The van der Waals surface area contributed by atoms with Gasteiger partial charge in [-0.3, -0.25) is 0 Å². The van der Waals surface area contributed by atoms with Gasteiger partial charge in [-0.05, 0) is 26.0 Å². The zero-order valence-electron chi connectivity index (χ0n) is 11.1. The first-order chi connectivity index (χ1) is 8.68. The van der Waals surface area contributed by atoms with Crippen LogP contribution in [0.25, 0.3) is 0 Å². The Morgan fingerprint density at radius 3 is 2.61 bits per heavy atom. The number of benzene rings is 1. The van der Waals surface area contributed by atoms with E-state index >= 15 is 0 Å². The molecule has 0 spiro atoms. The summed E-state index contributed by atoms with van der Waals surface area (Å²) in [6, 6.07) is 7.20. The number of hydrogen-bond donors (Lipinski definition) is 1. The molecule has 1 fully saturated rings. The molecule has 1 atom stereocenters. The van der Waals surface area contributed by atoms with Crippen molar-refractivity contribution in [2.24, 2.45) is 5.73 Å². The highest BCUT2D eigenvalue weighted by molar-refractivity contribution is 5.21. The zero-order valence-corrected chi connectivity index (χ0v) is 11.1. The van der Waals surface area contributed by atoms with E-state index < -0.39 is 0 Å². The summed E-state index contributed by atoms with van der Waals surface area (Å²) in [5, 5.41) is 0. The minimum Gasteiger partial charge on any atom is -0.323 e. The highest BCUT2D eigenvalue weighted by Gasteiger charge is 2.21. The van der Waals surface area contributed by atoms with Gasteiger partial charge in [-0.2, -0.15) is 0 Å². The summed E-state index contributed by atoms with van der Waals surface area (Å²) in [6.45, 7) is 0.728. The van der Waals surface area contributed by atoms with Gasteiger partial charge in [0.1, 0.15) is 5.82 Å². The quantitative estimate of drug-likeness (QED) is 0.889. The molecule has 2 rings (SSSR count). The van der Waals surface area contributed by atoms with Crippen molar-refractivity contribution in [1.82, 2.24) is 4.90 Å². The Bertz CT molecular complexity index is 375. The van der Waals surface area contributed by atoms with Crippen LogP contribution in [0.3, 0.4) is 0 Å². The molecule has 0 radical (unpaired) electrons. The van der Waals surface area contributed by atoms with Gasteiger partial charge in [0.05, 0.1) is 0 Å². The van der Waals surface area contributed by atoms with Gasteiger partial charge in [0.2, 0.25) is 0 Å². The molecule has 1 aliphatic carbocycles. The Morgan fingerprint density at radius 2 is 1.94 bits per heavy atom. The number of nitrogens with two attached hydrogens (primary N) is 1. The Labute approximate surface area is 109 Å². The Kier molecular flexibility index (Phi) is 4.72. The van der Waals surface area contributed by atoms with Crippen LogP contribution in [0.4, 0.5) is 4.39 Å². The van der Waals surface area contributed by atoms with E-state index in [1.807, 2.05) is 6.07 Å². The summed E-state index contributed by atoms with van der Waals surface area (Å²) in [6.07, 6.45) is 6.47. The minimum atomic E-state index is -0.238. The lowest BCUT2D eigenvalue weighted by Gasteiger charge is -2.33. The third-order valence-corrected chi connectivity index (χ3v) is 3.99. The molecule has 1 unspecified atom stereocenters. The first-order valence-electron chi connectivity index (χ1n) is 6.88. The molecule has 2 N–H and O–H groups in total. The van der Waals surface area contributed by atoms with Crippen molar-refractivity contribution in [2.45, 2.75) is 44.2 Å². The van der Waals surface area contributed by atoms with E-state index in [2.05, 4.69) is 11.9 Å². The highest BCUT2D eigenvalue weighted by atomic mass is 19.1. The lowest BCUT2D eigenvalue weighted by molar-refractivity contribution is 0.181. The first kappa shape index (κ1) is 13.5. The summed E-state index contributed by atoms with van der Waals surface area (Å²) in [4.78, 5) is 2.30. The lowest BCUT2D eigenvalue weighted by Crippen LogP contribution is -2.38. The Balaban J connectivity index is 1.94. The number of rotatable bonds is 4. The number of halogens is 1. The van der Waals surface area contributed by atoms with Crippen molar-refractivity contribution in [3.63, 3.8) is 0 Å². The van der Waals surface area contributed by atoms with Crippen LogP contribution in [0.5, 0.6) is 0 Å². The molecule has 1 saturated carbocycles. The van der Waals surface area contributed by atoms with Gasteiger partial charge in [-0.15, -0.1) is 0 Å². The van der Waals surface area contributed by atoms with Crippen molar-refractivity contribution < 1.29 is 4.39 Å². The average molecular weight is 250 g/mol. The second kappa shape index (κ2) is 6.30. The predicted octanol–water partition coefficient (Wildman–Crippen LogP) is 3.09. The van der Waals surface area contributed by atoms with Gasteiger partial charge in [-0.25, -0.2) is 4.39 Å². The molecule has 1 aromatic rings. The van der Waals surface area contributed by atoms with Gasteiger partial charge in [0.25, 0.3) is 0 Å². The van der Waals surface area contributed by atoms with Crippen LogP contribution in [0.1, 0.15) is 43.7 Å². The molecule has 1 aliphatic rings. The standard InChI is InChI=1S/C15H23FN2/c1-18(12-7-3-2-4-8-12)11-15(17)13-9-5-6-10-14(13)16/h5-6,9-10,12,15H,2-4,7-8,11,17H2,1H3. The molecule has 2 nitrogen and oxygen atoms in total. The number of likely N-dealkylation sites (N-methyl/N-ethyl adjacent to an activating group) is 1. The first-order valence-corrected chi connectivity index (χ1v) is 6.88. The van der Waals surface area contributed by atoms with Crippen molar-refractivity contribution in [2.75, 3.05) is 13.6 Å². The van der Waals surface area contributed by atoms with Gasteiger partial charge >= 0.3 is 0 Å². The molecule has 1 aromatic carbocycles. The fourth-order valence-corrected chi connectivity index (χ4v) is 2.86. The van der Waals surface area contributed by atoms with Gasteiger partial charge < -0.3 is 10.6 Å². The largest absolute Gasteiger partial charge is 0.323 e. The van der Waals surface area contributed by atoms with Crippen molar-refractivity contribution in [1.29, 1.82) is 0 Å². The van der Waals surface area contributed by atoms with Gasteiger partial charge in [0, 0.05) is 24.2 Å². The maximum atomic E-state index is 13.6. The molecular weight excluding hydrogens is 227 g/mol. The molecule has 3 heteroatoms. The van der Waals surface area contributed by atoms with Gasteiger partial charge in [0.15, 0.2) is 0 Å². The van der Waals surface area contributed by atoms with Crippen molar-refractivity contribution in [3.8, 4) is 0 Å². The van der Waals surface area contributed by atoms with Crippen LogP contribution in [-0.4, -0.2) is 24.5 Å². The monoisotopic (exact) mass is 250 g/mol. The number of hydrogen-bond acceptors (Lipinski definition) is 2. The van der Waals surface area contributed by atoms with E-state index in [1.54, 1.807) is 12.1 Å². The molecule has 0 heterocycles. The normalized spacial score (nSPS) is 19.1. The molecule has 18 heavy (non-hydrogen) atoms.